The van der Waals surface area contributed by atoms with Gasteiger partial charge in [0.1, 0.15) is 17.6 Å². The van der Waals surface area contributed by atoms with Crippen LogP contribution in [0, 0.1) is 0 Å². The molecule has 0 spiro atoms. The van der Waals surface area contributed by atoms with Crippen LogP contribution >= 0.6 is 11.6 Å². The van der Waals surface area contributed by atoms with Crippen molar-refractivity contribution in [2.75, 3.05) is 19.1 Å². The summed E-state index contributed by atoms with van der Waals surface area (Å²) < 4.78 is 5.02. The first kappa shape index (κ1) is 13.7. The number of rotatable bonds is 5. The monoisotopic (exact) mass is 278 g/mol. The van der Waals surface area contributed by atoms with Crippen molar-refractivity contribution >= 4 is 17.4 Å². The lowest BCUT2D eigenvalue weighted by atomic mass is 10.3. The maximum atomic E-state index is 5.99. The first-order valence-corrected chi connectivity index (χ1v) is 6.19. The van der Waals surface area contributed by atoms with E-state index in [0.717, 1.165) is 11.4 Å². The first-order chi connectivity index (χ1) is 9.19. The molecule has 0 N–H and O–H groups in total. The van der Waals surface area contributed by atoms with E-state index < -0.39 is 0 Å². The quantitative estimate of drug-likeness (QED) is 0.786. The van der Waals surface area contributed by atoms with Crippen molar-refractivity contribution in [3.63, 3.8) is 0 Å². The largest absolute Gasteiger partial charge is 0.377 e. The van der Waals surface area contributed by atoms with E-state index in [-0.39, 0.29) is 0 Å². The van der Waals surface area contributed by atoms with Crippen LogP contribution in [0.25, 0.3) is 0 Å². The zero-order valence-electron chi connectivity index (χ0n) is 10.9. The molecule has 19 heavy (non-hydrogen) atoms. The van der Waals surface area contributed by atoms with Gasteiger partial charge in [-0.25, -0.2) is 9.97 Å². The van der Waals surface area contributed by atoms with Crippen molar-refractivity contribution in [3.05, 3.63) is 47.1 Å². The standard InChI is InChI=1S/C13H15ClN4O/c1-18(8-10-4-3-5-15-7-10)13-6-11(14)16-12(17-13)9-19-2/h3-7H,8-9H2,1-2H3. The third-order valence-corrected chi connectivity index (χ3v) is 2.73. The summed E-state index contributed by atoms with van der Waals surface area (Å²) >= 11 is 5.99. The Balaban J connectivity index is 2.16. The van der Waals surface area contributed by atoms with Gasteiger partial charge in [0, 0.05) is 39.2 Å². The Hall–Kier alpha value is -1.72. The number of anilines is 1. The highest BCUT2D eigenvalue weighted by molar-refractivity contribution is 6.29. The molecule has 0 saturated carbocycles. The van der Waals surface area contributed by atoms with E-state index >= 15 is 0 Å². The van der Waals surface area contributed by atoms with E-state index in [1.165, 1.54) is 0 Å². The van der Waals surface area contributed by atoms with Crippen LogP contribution in [0.4, 0.5) is 5.82 Å². The van der Waals surface area contributed by atoms with Gasteiger partial charge in [0.15, 0.2) is 5.82 Å². The Kier molecular flexibility index (Phi) is 4.65. The van der Waals surface area contributed by atoms with Crippen molar-refractivity contribution in [3.8, 4) is 0 Å². The number of hydrogen-bond donors (Lipinski definition) is 0. The van der Waals surface area contributed by atoms with Gasteiger partial charge in [-0.1, -0.05) is 17.7 Å². The smallest absolute Gasteiger partial charge is 0.158 e. The highest BCUT2D eigenvalue weighted by atomic mass is 35.5. The number of pyridine rings is 1. The molecule has 6 heteroatoms. The van der Waals surface area contributed by atoms with E-state index in [2.05, 4.69) is 15.0 Å². The summed E-state index contributed by atoms with van der Waals surface area (Å²) in [7, 11) is 3.55. The molecule has 0 saturated heterocycles. The van der Waals surface area contributed by atoms with Crippen LogP contribution in [0.1, 0.15) is 11.4 Å². The zero-order valence-corrected chi connectivity index (χ0v) is 11.6. The average molecular weight is 279 g/mol. The summed E-state index contributed by atoms with van der Waals surface area (Å²) in [5, 5.41) is 0.412. The molecule has 100 valence electrons. The maximum Gasteiger partial charge on any atom is 0.158 e. The molecule has 0 fully saturated rings. The highest BCUT2D eigenvalue weighted by Gasteiger charge is 2.08. The lowest BCUT2D eigenvalue weighted by Crippen LogP contribution is -2.18. The van der Waals surface area contributed by atoms with Crippen molar-refractivity contribution in [1.82, 2.24) is 15.0 Å². The zero-order chi connectivity index (χ0) is 13.7. The van der Waals surface area contributed by atoms with Crippen LogP contribution in [0.3, 0.4) is 0 Å². The Morgan fingerprint density at radius 3 is 2.89 bits per heavy atom. The molecule has 0 aliphatic heterocycles. The summed E-state index contributed by atoms with van der Waals surface area (Å²) in [6.07, 6.45) is 3.58. The SMILES string of the molecule is COCc1nc(Cl)cc(N(C)Cc2cccnc2)n1. The molecule has 0 unspecified atom stereocenters. The third kappa shape index (κ3) is 3.87. The molecule has 0 aromatic carbocycles. The Labute approximate surface area is 117 Å². The highest BCUT2D eigenvalue weighted by Crippen LogP contribution is 2.17. The van der Waals surface area contributed by atoms with Gasteiger partial charge in [-0.3, -0.25) is 4.98 Å². The van der Waals surface area contributed by atoms with Gasteiger partial charge in [0.05, 0.1) is 0 Å². The predicted octanol–water partition coefficient (Wildman–Crippen LogP) is 2.31. The van der Waals surface area contributed by atoms with Gasteiger partial charge in [-0.2, -0.15) is 0 Å². The second kappa shape index (κ2) is 6.45. The molecule has 0 aliphatic carbocycles. The van der Waals surface area contributed by atoms with Crippen molar-refractivity contribution in [2.45, 2.75) is 13.2 Å². The van der Waals surface area contributed by atoms with Gasteiger partial charge in [0.25, 0.3) is 0 Å². The van der Waals surface area contributed by atoms with Gasteiger partial charge in [-0.05, 0) is 11.6 Å². The molecule has 2 aromatic heterocycles. The second-order valence-corrected chi connectivity index (χ2v) is 4.50. The van der Waals surface area contributed by atoms with Crippen LogP contribution in [-0.4, -0.2) is 29.1 Å². The Morgan fingerprint density at radius 1 is 1.37 bits per heavy atom. The number of ether oxygens (including phenoxy) is 1. The molecule has 0 radical (unpaired) electrons. The average Bonchev–Trinajstić information content (AvgIpc) is 2.39. The molecule has 0 bridgehead atoms. The summed E-state index contributed by atoms with van der Waals surface area (Å²) in [6.45, 7) is 1.04. The molecular weight excluding hydrogens is 264 g/mol. The van der Waals surface area contributed by atoms with Crippen LogP contribution in [0.15, 0.2) is 30.6 Å². The van der Waals surface area contributed by atoms with E-state index in [4.69, 9.17) is 16.3 Å². The minimum atomic E-state index is 0.342. The van der Waals surface area contributed by atoms with E-state index in [1.807, 2.05) is 30.3 Å². The molecule has 2 heterocycles. The molecule has 5 nitrogen and oxygen atoms in total. The number of nitrogens with zero attached hydrogens (tertiary/aromatic N) is 4. The normalized spacial score (nSPS) is 10.5. The number of aromatic nitrogens is 3. The van der Waals surface area contributed by atoms with E-state index in [1.54, 1.807) is 19.4 Å². The van der Waals surface area contributed by atoms with Crippen LogP contribution < -0.4 is 4.90 Å². The van der Waals surface area contributed by atoms with Gasteiger partial charge in [0.2, 0.25) is 0 Å². The van der Waals surface area contributed by atoms with Crippen molar-refractivity contribution in [2.24, 2.45) is 0 Å². The van der Waals surface area contributed by atoms with Crippen molar-refractivity contribution < 1.29 is 4.74 Å². The fourth-order valence-electron chi connectivity index (χ4n) is 1.69. The van der Waals surface area contributed by atoms with Crippen molar-refractivity contribution in [1.29, 1.82) is 0 Å². The van der Waals surface area contributed by atoms with Gasteiger partial charge in [-0.15, -0.1) is 0 Å². The summed E-state index contributed by atoms with van der Waals surface area (Å²) in [5.74, 6) is 1.33. The number of halogens is 1. The minimum Gasteiger partial charge on any atom is -0.377 e. The second-order valence-electron chi connectivity index (χ2n) is 4.12. The van der Waals surface area contributed by atoms with E-state index in [9.17, 15) is 0 Å². The first-order valence-electron chi connectivity index (χ1n) is 5.81. The lowest BCUT2D eigenvalue weighted by molar-refractivity contribution is 0.178. The molecule has 0 atom stereocenters. The fourth-order valence-corrected chi connectivity index (χ4v) is 1.88. The maximum absolute atomic E-state index is 5.99. The topological polar surface area (TPSA) is 51.1 Å². The van der Waals surface area contributed by atoms with Gasteiger partial charge < -0.3 is 9.64 Å². The van der Waals surface area contributed by atoms with Crippen LogP contribution in [0.5, 0.6) is 0 Å². The van der Waals surface area contributed by atoms with Crippen LogP contribution in [-0.2, 0) is 17.9 Å². The molecule has 0 aliphatic rings. The summed E-state index contributed by atoms with van der Waals surface area (Å²) in [5.41, 5.74) is 1.10. The fraction of sp³-hybridized carbons (Fsp3) is 0.308. The van der Waals surface area contributed by atoms with E-state index in [0.29, 0.717) is 24.1 Å². The molecular formula is C13H15ClN4O. The summed E-state index contributed by atoms with van der Waals surface area (Å²) in [6, 6.07) is 5.66. The predicted molar refractivity (Wildman–Crippen MR) is 74.1 cm³/mol. The lowest BCUT2D eigenvalue weighted by Gasteiger charge is -2.18. The minimum absolute atomic E-state index is 0.342. The third-order valence-electron chi connectivity index (χ3n) is 2.53. The molecule has 2 rings (SSSR count). The summed E-state index contributed by atoms with van der Waals surface area (Å²) in [4.78, 5) is 14.6. The molecule has 0 amide bonds. The number of hydrogen-bond acceptors (Lipinski definition) is 5. The molecule has 2 aromatic rings. The van der Waals surface area contributed by atoms with Crippen LogP contribution in [0.2, 0.25) is 5.15 Å². The number of methoxy groups -OCH3 is 1. The Bertz CT molecular complexity index is 535. The van der Waals surface area contributed by atoms with Gasteiger partial charge >= 0.3 is 0 Å². The Morgan fingerprint density at radius 2 is 2.21 bits per heavy atom.